The van der Waals surface area contributed by atoms with E-state index in [1.165, 1.54) is 11.3 Å². The van der Waals surface area contributed by atoms with Gasteiger partial charge in [0.05, 0.1) is 9.34 Å². The molecule has 0 unspecified atom stereocenters. The summed E-state index contributed by atoms with van der Waals surface area (Å²) in [5.41, 5.74) is 5.01. The van der Waals surface area contributed by atoms with Crippen LogP contribution in [-0.2, 0) is 4.79 Å². The number of halogens is 1. The number of carbonyl (C=O) groups excluding carboxylic acids is 1. The van der Waals surface area contributed by atoms with Crippen LogP contribution in [-0.4, -0.2) is 12.5 Å². The molecule has 1 heterocycles. The minimum Gasteiger partial charge on any atom is -0.330 e. The van der Waals surface area contributed by atoms with E-state index in [4.69, 9.17) is 17.3 Å². The molecule has 0 aliphatic rings. The van der Waals surface area contributed by atoms with E-state index in [0.29, 0.717) is 17.3 Å². The molecule has 0 aliphatic carbocycles. The zero-order chi connectivity index (χ0) is 11.5. The first-order chi connectivity index (χ1) is 6.95. The van der Waals surface area contributed by atoms with Crippen LogP contribution in [0.5, 0.6) is 0 Å². The summed E-state index contributed by atoms with van der Waals surface area (Å²) >= 11 is 7.12. The van der Waals surface area contributed by atoms with Crippen molar-refractivity contribution in [2.24, 2.45) is 11.1 Å². The lowest BCUT2D eigenvalue weighted by Crippen LogP contribution is -2.32. The zero-order valence-corrected chi connectivity index (χ0v) is 10.4. The lowest BCUT2D eigenvalue weighted by Gasteiger charge is -2.21. The lowest BCUT2D eigenvalue weighted by atomic mass is 9.88. The minimum atomic E-state index is -0.439. The highest BCUT2D eigenvalue weighted by atomic mass is 35.5. The average Bonchev–Trinajstić information content (AvgIpc) is 2.51. The lowest BCUT2D eigenvalue weighted by molar-refractivity contribution is -0.124. The Morgan fingerprint density at radius 1 is 1.60 bits per heavy atom. The van der Waals surface area contributed by atoms with E-state index in [2.05, 4.69) is 5.32 Å². The molecule has 0 spiro atoms. The molecule has 0 aliphatic heterocycles. The van der Waals surface area contributed by atoms with E-state index in [1.807, 2.05) is 13.8 Å². The van der Waals surface area contributed by atoms with Crippen LogP contribution >= 0.6 is 22.9 Å². The van der Waals surface area contributed by atoms with Crippen LogP contribution in [0, 0.1) is 5.41 Å². The third-order valence-corrected chi connectivity index (χ3v) is 3.34. The molecule has 3 N–H and O–H groups in total. The van der Waals surface area contributed by atoms with E-state index in [1.54, 1.807) is 12.1 Å². The second kappa shape index (κ2) is 4.96. The summed E-state index contributed by atoms with van der Waals surface area (Å²) in [6.07, 6.45) is 0.665. The third kappa shape index (κ3) is 3.48. The Labute approximate surface area is 98.6 Å². The fraction of sp³-hybridized carbons (Fsp3) is 0.500. The van der Waals surface area contributed by atoms with Crippen molar-refractivity contribution in [3.05, 3.63) is 16.5 Å². The van der Waals surface area contributed by atoms with E-state index in [9.17, 15) is 4.79 Å². The summed E-state index contributed by atoms with van der Waals surface area (Å²) in [4.78, 5) is 11.8. The van der Waals surface area contributed by atoms with E-state index in [-0.39, 0.29) is 5.91 Å². The number of carbonyl (C=O) groups is 1. The van der Waals surface area contributed by atoms with Gasteiger partial charge in [0.2, 0.25) is 5.91 Å². The molecule has 1 amide bonds. The van der Waals surface area contributed by atoms with Crippen LogP contribution in [0.1, 0.15) is 20.3 Å². The van der Waals surface area contributed by atoms with Gasteiger partial charge in [-0.05, 0) is 25.1 Å². The van der Waals surface area contributed by atoms with Gasteiger partial charge in [-0.1, -0.05) is 25.4 Å². The van der Waals surface area contributed by atoms with Crippen LogP contribution in [0.25, 0.3) is 0 Å². The van der Waals surface area contributed by atoms with Crippen molar-refractivity contribution in [2.75, 3.05) is 11.9 Å². The molecule has 0 aromatic carbocycles. The Balaban J connectivity index is 2.63. The van der Waals surface area contributed by atoms with E-state index in [0.717, 1.165) is 5.00 Å². The van der Waals surface area contributed by atoms with E-state index < -0.39 is 5.41 Å². The number of amides is 1. The highest BCUT2D eigenvalue weighted by Gasteiger charge is 2.26. The molecule has 0 saturated carbocycles. The molecule has 3 nitrogen and oxygen atoms in total. The first-order valence-electron chi connectivity index (χ1n) is 4.72. The quantitative estimate of drug-likeness (QED) is 0.858. The summed E-state index contributed by atoms with van der Waals surface area (Å²) in [5.74, 6) is -0.0218. The van der Waals surface area contributed by atoms with Crippen LogP contribution in [0.3, 0.4) is 0 Å². The summed E-state index contributed by atoms with van der Waals surface area (Å²) in [7, 11) is 0. The van der Waals surface area contributed by atoms with Crippen LogP contribution in [0.4, 0.5) is 5.00 Å². The van der Waals surface area contributed by atoms with Gasteiger partial charge in [-0.3, -0.25) is 4.79 Å². The fourth-order valence-corrected chi connectivity index (χ4v) is 2.08. The summed E-state index contributed by atoms with van der Waals surface area (Å²) < 4.78 is 0.668. The molecular weight excluding hydrogens is 232 g/mol. The van der Waals surface area contributed by atoms with E-state index >= 15 is 0 Å². The molecule has 15 heavy (non-hydrogen) atoms. The molecule has 0 saturated heterocycles. The molecule has 84 valence electrons. The maximum atomic E-state index is 11.8. The van der Waals surface area contributed by atoms with Crippen LogP contribution in [0.15, 0.2) is 12.1 Å². The normalized spacial score (nSPS) is 11.5. The number of hydrogen-bond donors (Lipinski definition) is 2. The number of rotatable bonds is 4. The first kappa shape index (κ1) is 12.5. The highest BCUT2D eigenvalue weighted by Crippen LogP contribution is 2.28. The van der Waals surface area contributed by atoms with Gasteiger partial charge < -0.3 is 11.1 Å². The molecule has 1 aromatic rings. The van der Waals surface area contributed by atoms with Crippen molar-refractivity contribution in [1.29, 1.82) is 0 Å². The third-order valence-electron chi connectivity index (χ3n) is 2.19. The minimum absolute atomic E-state index is 0.0218. The smallest absolute Gasteiger partial charge is 0.230 e. The molecule has 0 bridgehead atoms. The van der Waals surface area contributed by atoms with Crippen molar-refractivity contribution in [3.63, 3.8) is 0 Å². The van der Waals surface area contributed by atoms with Crippen molar-refractivity contribution < 1.29 is 4.79 Å². The van der Waals surface area contributed by atoms with Gasteiger partial charge >= 0.3 is 0 Å². The maximum Gasteiger partial charge on any atom is 0.230 e. The first-order valence-corrected chi connectivity index (χ1v) is 5.92. The number of hydrogen-bond acceptors (Lipinski definition) is 3. The Morgan fingerprint density at radius 3 is 2.73 bits per heavy atom. The molecule has 0 radical (unpaired) electrons. The van der Waals surface area contributed by atoms with Gasteiger partial charge in [0, 0.05) is 5.41 Å². The van der Waals surface area contributed by atoms with Gasteiger partial charge in [0.15, 0.2) is 0 Å². The van der Waals surface area contributed by atoms with Crippen molar-refractivity contribution >= 4 is 33.8 Å². The second-order valence-corrected chi connectivity index (χ2v) is 5.70. The Morgan fingerprint density at radius 2 is 2.27 bits per heavy atom. The van der Waals surface area contributed by atoms with Crippen molar-refractivity contribution in [3.8, 4) is 0 Å². The van der Waals surface area contributed by atoms with Crippen molar-refractivity contribution in [2.45, 2.75) is 20.3 Å². The monoisotopic (exact) mass is 246 g/mol. The molecular formula is C10H15ClN2OS. The summed E-state index contributed by atoms with van der Waals surface area (Å²) in [6, 6.07) is 3.56. The molecule has 5 heteroatoms. The Kier molecular flexibility index (Phi) is 4.13. The number of anilines is 1. The van der Waals surface area contributed by atoms with Crippen LogP contribution in [0.2, 0.25) is 4.34 Å². The fourth-order valence-electron chi connectivity index (χ4n) is 1.14. The van der Waals surface area contributed by atoms with Gasteiger partial charge in [-0.15, -0.1) is 11.3 Å². The second-order valence-electron chi connectivity index (χ2n) is 3.98. The van der Waals surface area contributed by atoms with Gasteiger partial charge in [-0.2, -0.15) is 0 Å². The molecule has 1 aromatic heterocycles. The van der Waals surface area contributed by atoms with Gasteiger partial charge in [0.1, 0.15) is 0 Å². The number of nitrogens with two attached hydrogens (primary N) is 1. The van der Waals surface area contributed by atoms with Gasteiger partial charge in [0.25, 0.3) is 0 Å². The average molecular weight is 247 g/mol. The maximum absolute atomic E-state index is 11.8. The highest BCUT2D eigenvalue weighted by molar-refractivity contribution is 7.20. The van der Waals surface area contributed by atoms with Crippen LogP contribution < -0.4 is 11.1 Å². The SMILES string of the molecule is CC(C)(CCN)C(=O)Nc1ccc(Cl)s1. The topological polar surface area (TPSA) is 55.1 Å². The number of thiophene rings is 1. The number of nitrogens with one attached hydrogen (secondary N) is 1. The molecule has 0 atom stereocenters. The molecule has 1 rings (SSSR count). The van der Waals surface area contributed by atoms with Crippen molar-refractivity contribution in [1.82, 2.24) is 0 Å². The Hall–Kier alpha value is -0.580. The summed E-state index contributed by atoms with van der Waals surface area (Å²) in [6.45, 7) is 4.26. The largest absolute Gasteiger partial charge is 0.330 e. The van der Waals surface area contributed by atoms with Gasteiger partial charge in [-0.25, -0.2) is 0 Å². The zero-order valence-electron chi connectivity index (χ0n) is 8.84. The molecule has 0 fully saturated rings. The Bertz CT molecular complexity index is 349. The summed E-state index contributed by atoms with van der Waals surface area (Å²) in [5, 5.41) is 3.60. The predicted octanol–water partition coefficient (Wildman–Crippen LogP) is 2.71. The standard InChI is InChI=1S/C10H15ClN2OS/c1-10(2,5-6-12)9(14)13-8-4-3-7(11)15-8/h3-4H,5-6,12H2,1-2H3,(H,13,14). The predicted molar refractivity (Wildman–Crippen MR) is 65.4 cm³/mol.